The van der Waals surface area contributed by atoms with E-state index in [9.17, 15) is 9.59 Å². The quantitative estimate of drug-likeness (QED) is 0.770. The van der Waals surface area contributed by atoms with Gasteiger partial charge < -0.3 is 5.32 Å². The summed E-state index contributed by atoms with van der Waals surface area (Å²) in [6.07, 6.45) is 5.76. The standard InChI is InChI=1S/C20H21N3O2S/c1-13(14-7-3-2-4-8-14)22-17(24)11-23-12-21-19-18(20(23)25)15-9-5-6-10-16(15)26-19/h2-4,7-8,12-13H,5-6,9-11H2,1H3,(H,22,24)/t13-/m1/s1. The molecular weight excluding hydrogens is 346 g/mol. The van der Waals surface area contributed by atoms with Gasteiger partial charge in [0.1, 0.15) is 11.4 Å². The molecule has 4 rings (SSSR count). The van der Waals surface area contributed by atoms with Crippen LogP contribution in [0.4, 0.5) is 0 Å². The zero-order chi connectivity index (χ0) is 18.1. The molecule has 2 aromatic heterocycles. The van der Waals surface area contributed by atoms with E-state index in [0.717, 1.165) is 40.6 Å². The predicted octanol–water partition coefficient (Wildman–Crippen LogP) is 3.21. The van der Waals surface area contributed by atoms with Gasteiger partial charge in [-0.25, -0.2) is 4.98 Å². The topological polar surface area (TPSA) is 64.0 Å². The molecule has 0 aliphatic heterocycles. The Morgan fingerprint density at radius 2 is 2.04 bits per heavy atom. The van der Waals surface area contributed by atoms with Crippen molar-refractivity contribution < 1.29 is 4.79 Å². The number of carbonyl (C=O) groups excluding carboxylic acids is 1. The first-order chi connectivity index (χ1) is 12.6. The Balaban J connectivity index is 1.56. The molecule has 1 aliphatic carbocycles. The average molecular weight is 367 g/mol. The zero-order valence-electron chi connectivity index (χ0n) is 14.7. The Hall–Kier alpha value is -2.47. The summed E-state index contributed by atoms with van der Waals surface area (Å²) in [5.41, 5.74) is 2.09. The highest BCUT2D eigenvalue weighted by atomic mass is 32.1. The van der Waals surface area contributed by atoms with Crippen LogP contribution in [0.3, 0.4) is 0 Å². The lowest BCUT2D eigenvalue weighted by molar-refractivity contribution is -0.122. The maximum atomic E-state index is 12.9. The van der Waals surface area contributed by atoms with E-state index in [4.69, 9.17) is 0 Å². The van der Waals surface area contributed by atoms with Crippen molar-refractivity contribution in [3.63, 3.8) is 0 Å². The Labute approximate surface area is 155 Å². The van der Waals surface area contributed by atoms with E-state index < -0.39 is 0 Å². The molecule has 0 fully saturated rings. The highest BCUT2D eigenvalue weighted by Crippen LogP contribution is 2.33. The second-order valence-corrected chi connectivity index (χ2v) is 7.85. The van der Waals surface area contributed by atoms with E-state index in [-0.39, 0.29) is 24.1 Å². The molecule has 2 heterocycles. The van der Waals surface area contributed by atoms with Crippen LogP contribution < -0.4 is 10.9 Å². The first-order valence-electron chi connectivity index (χ1n) is 8.97. The molecule has 0 bridgehead atoms. The summed E-state index contributed by atoms with van der Waals surface area (Å²) in [6, 6.07) is 9.68. The van der Waals surface area contributed by atoms with Gasteiger partial charge in [-0.2, -0.15) is 0 Å². The van der Waals surface area contributed by atoms with Crippen molar-refractivity contribution in [1.82, 2.24) is 14.9 Å². The number of aromatic nitrogens is 2. The summed E-state index contributed by atoms with van der Waals surface area (Å²) in [5.74, 6) is -0.186. The minimum atomic E-state index is -0.186. The highest BCUT2D eigenvalue weighted by Gasteiger charge is 2.20. The molecule has 0 spiro atoms. The van der Waals surface area contributed by atoms with E-state index >= 15 is 0 Å². The van der Waals surface area contributed by atoms with Gasteiger partial charge in [0, 0.05) is 4.88 Å². The molecule has 0 unspecified atom stereocenters. The van der Waals surface area contributed by atoms with Gasteiger partial charge in [0.25, 0.3) is 5.56 Å². The lowest BCUT2D eigenvalue weighted by atomic mass is 9.97. The molecule has 1 aromatic carbocycles. The zero-order valence-corrected chi connectivity index (χ0v) is 15.5. The number of carbonyl (C=O) groups is 1. The lowest BCUT2D eigenvalue weighted by Crippen LogP contribution is -2.34. The molecular formula is C20H21N3O2S. The Kier molecular flexibility index (Phi) is 4.59. The summed E-state index contributed by atoms with van der Waals surface area (Å²) in [6.45, 7) is 1.93. The van der Waals surface area contributed by atoms with Gasteiger partial charge in [0.15, 0.2) is 0 Å². The predicted molar refractivity (Wildman–Crippen MR) is 104 cm³/mol. The first kappa shape index (κ1) is 17.0. The average Bonchev–Trinajstić information content (AvgIpc) is 3.04. The molecule has 0 saturated carbocycles. The molecule has 0 saturated heterocycles. The van der Waals surface area contributed by atoms with E-state index in [1.807, 2.05) is 37.3 Å². The molecule has 1 aliphatic rings. The normalized spacial score (nSPS) is 14.8. The second kappa shape index (κ2) is 7.03. The molecule has 3 aromatic rings. The number of benzene rings is 1. The molecule has 1 amide bonds. The van der Waals surface area contributed by atoms with Crippen LogP contribution in [-0.4, -0.2) is 15.5 Å². The van der Waals surface area contributed by atoms with Crippen molar-refractivity contribution in [3.05, 3.63) is 63.0 Å². The third-order valence-corrected chi connectivity index (χ3v) is 6.13. The molecule has 134 valence electrons. The number of hydrogen-bond donors (Lipinski definition) is 1. The number of fused-ring (bicyclic) bond motifs is 3. The van der Waals surface area contributed by atoms with Crippen LogP contribution in [0.5, 0.6) is 0 Å². The number of rotatable bonds is 4. The first-order valence-corrected chi connectivity index (χ1v) is 9.79. The number of nitrogens with zero attached hydrogens (tertiary/aromatic N) is 2. The smallest absolute Gasteiger partial charge is 0.262 e. The van der Waals surface area contributed by atoms with E-state index in [0.29, 0.717) is 0 Å². The Morgan fingerprint density at radius 3 is 2.85 bits per heavy atom. The Morgan fingerprint density at radius 1 is 1.27 bits per heavy atom. The maximum Gasteiger partial charge on any atom is 0.262 e. The number of amides is 1. The molecule has 1 atom stereocenters. The van der Waals surface area contributed by atoms with Crippen LogP contribution in [-0.2, 0) is 24.2 Å². The van der Waals surface area contributed by atoms with Crippen molar-refractivity contribution in [1.29, 1.82) is 0 Å². The Bertz CT molecular complexity index is 1010. The lowest BCUT2D eigenvalue weighted by Gasteiger charge is -2.15. The van der Waals surface area contributed by atoms with Crippen LogP contribution in [0.1, 0.15) is 41.8 Å². The number of nitrogens with one attached hydrogen (secondary N) is 1. The van der Waals surface area contributed by atoms with Crippen LogP contribution in [0.2, 0.25) is 0 Å². The fourth-order valence-electron chi connectivity index (χ4n) is 3.56. The molecule has 5 nitrogen and oxygen atoms in total. The summed E-state index contributed by atoms with van der Waals surface area (Å²) in [4.78, 5) is 31.8. The van der Waals surface area contributed by atoms with Crippen molar-refractivity contribution in [2.75, 3.05) is 0 Å². The summed E-state index contributed by atoms with van der Waals surface area (Å²) in [5, 5.41) is 3.67. The monoisotopic (exact) mass is 367 g/mol. The maximum absolute atomic E-state index is 12.9. The van der Waals surface area contributed by atoms with Gasteiger partial charge in [-0.15, -0.1) is 11.3 Å². The van der Waals surface area contributed by atoms with Gasteiger partial charge in [-0.1, -0.05) is 30.3 Å². The van der Waals surface area contributed by atoms with Crippen molar-refractivity contribution in [3.8, 4) is 0 Å². The van der Waals surface area contributed by atoms with Crippen molar-refractivity contribution in [2.24, 2.45) is 0 Å². The summed E-state index contributed by atoms with van der Waals surface area (Å²) >= 11 is 1.62. The van der Waals surface area contributed by atoms with Crippen LogP contribution in [0, 0.1) is 0 Å². The molecule has 6 heteroatoms. The van der Waals surface area contributed by atoms with E-state index in [1.54, 1.807) is 11.3 Å². The second-order valence-electron chi connectivity index (χ2n) is 6.77. The van der Waals surface area contributed by atoms with E-state index in [1.165, 1.54) is 22.2 Å². The fraction of sp³-hybridized carbons (Fsp3) is 0.350. The number of thiophene rings is 1. The summed E-state index contributed by atoms with van der Waals surface area (Å²) in [7, 11) is 0. The molecule has 0 radical (unpaired) electrons. The van der Waals surface area contributed by atoms with Gasteiger partial charge in [0.05, 0.1) is 17.8 Å². The van der Waals surface area contributed by atoms with Crippen LogP contribution in [0.25, 0.3) is 10.2 Å². The number of hydrogen-bond acceptors (Lipinski definition) is 4. The highest BCUT2D eigenvalue weighted by molar-refractivity contribution is 7.18. The third-order valence-electron chi connectivity index (χ3n) is 4.93. The minimum Gasteiger partial charge on any atom is -0.348 e. The van der Waals surface area contributed by atoms with E-state index in [2.05, 4.69) is 10.3 Å². The largest absolute Gasteiger partial charge is 0.348 e. The van der Waals surface area contributed by atoms with Gasteiger partial charge in [-0.05, 0) is 43.7 Å². The third kappa shape index (κ3) is 3.17. The minimum absolute atomic E-state index is 0.0104. The van der Waals surface area contributed by atoms with Gasteiger partial charge in [0.2, 0.25) is 5.91 Å². The SMILES string of the molecule is C[C@@H](NC(=O)Cn1cnc2sc3c(c2c1=O)CCCC3)c1ccccc1. The van der Waals surface area contributed by atoms with Crippen molar-refractivity contribution in [2.45, 2.75) is 45.2 Å². The van der Waals surface area contributed by atoms with Gasteiger partial charge in [-0.3, -0.25) is 14.2 Å². The number of aryl methyl sites for hydroxylation is 2. The summed E-state index contributed by atoms with van der Waals surface area (Å²) < 4.78 is 1.43. The van der Waals surface area contributed by atoms with Crippen LogP contribution in [0.15, 0.2) is 41.5 Å². The fourth-order valence-corrected chi connectivity index (χ4v) is 4.78. The van der Waals surface area contributed by atoms with Gasteiger partial charge >= 0.3 is 0 Å². The van der Waals surface area contributed by atoms with Crippen LogP contribution >= 0.6 is 11.3 Å². The van der Waals surface area contributed by atoms with Crippen molar-refractivity contribution >= 4 is 27.5 Å². The molecule has 26 heavy (non-hydrogen) atoms. The molecule has 1 N–H and O–H groups in total.